The number of rotatable bonds is 7. The van der Waals surface area contributed by atoms with Gasteiger partial charge >= 0.3 is 5.97 Å². The van der Waals surface area contributed by atoms with E-state index in [-0.39, 0.29) is 17.9 Å². The number of hydrogen-bond acceptors (Lipinski definition) is 5. The highest BCUT2D eigenvalue weighted by Gasteiger charge is 2.32. The number of aromatic amines is 1. The van der Waals surface area contributed by atoms with Crippen LogP contribution in [0.4, 0.5) is 0 Å². The second-order valence-electron chi connectivity index (χ2n) is 7.48. The zero-order valence-electron chi connectivity index (χ0n) is 17.6. The van der Waals surface area contributed by atoms with Gasteiger partial charge in [-0.05, 0) is 45.4 Å². The molecule has 3 atom stereocenters. The minimum Gasteiger partial charge on any atom is -0.486 e. The van der Waals surface area contributed by atoms with Crippen molar-refractivity contribution in [2.75, 3.05) is 26.8 Å². The number of aromatic nitrogens is 1. The quantitative estimate of drug-likeness (QED) is 0.546. The maximum absolute atomic E-state index is 13.1. The molecule has 0 aliphatic carbocycles. The molecule has 2 N–H and O–H groups in total. The summed E-state index contributed by atoms with van der Waals surface area (Å²) in [5.74, 6) is 1.02. The van der Waals surface area contributed by atoms with E-state index in [1.807, 2.05) is 38.2 Å². The van der Waals surface area contributed by atoms with Crippen LogP contribution in [0.2, 0.25) is 0 Å². The predicted octanol–water partition coefficient (Wildman–Crippen LogP) is 1.73. The standard InChI is InChI=1S/C22H28N2O5/c1-6-27-22(26)19-13(2)20(23-14(19)3)21(25)15(4)24(5)11-16-12-28-17-9-7-8-10-18(17)29-16/h7-10,15-16,23H,6,11-12H2,1-5H3/p+1/t15-,16+/m0/s1. The molecule has 7 heteroatoms. The maximum Gasteiger partial charge on any atom is 0.340 e. The summed E-state index contributed by atoms with van der Waals surface area (Å²) in [4.78, 5) is 29.4. The minimum absolute atomic E-state index is 0.0456. The second-order valence-corrected chi connectivity index (χ2v) is 7.48. The van der Waals surface area contributed by atoms with Crippen molar-refractivity contribution in [3.05, 3.63) is 46.8 Å². The first-order valence-corrected chi connectivity index (χ1v) is 9.94. The van der Waals surface area contributed by atoms with Crippen LogP contribution in [0, 0.1) is 13.8 Å². The van der Waals surface area contributed by atoms with Crippen molar-refractivity contribution >= 4 is 11.8 Å². The molecular formula is C22H29N2O5+. The third kappa shape index (κ3) is 4.29. The number of benzene rings is 1. The Bertz CT molecular complexity index is 905. The lowest BCUT2D eigenvalue weighted by Crippen LogP contribution is -3.15. The smallest absolute Gasteiger partial charge is 0.340 e. The molecule has 1 aliphatic rings. The largest absolute Gasteiger partial charge is 0.486 e. The number of fused-ring (bicyclic) bond motifs is 1. The van der Waals surface area contributed by atoms with Crippen LogP contribution >= 0.6 is 0 Å². The molecule has 156 valence electrons. The summed E-state index contributed by atoms with van der Waals surface area (Å²) in [5, 5.41) is 0. The van der Waals surface area contributed by atoms with Crippen LogP contribution in [0.1, 0.15) is 46.0 Å². The van der Waals surface area contributed by atoms with Crippen molar-refractivity contribution in [1.82, 2.24) is 4.98 Å². The van der Waals surface area contributed by atoms with Crippen LogP contribution < -0.4 is 14.4 Å². The van der Waals surface area contributed by atoms with Crippen molar-refractivity contribution < 1.29 is 28.7 Å². The highest BCUT2D eigenvalue weighted by Crippen LogP contribution is 2.30. The van der Waals surface area contributed by atoms with Gasteiger partial charge < -0.3 is 24.1 Å². The van der Waals surface area contributed by atoms with E-state index in [4.69, 9.17) is 14.2 Å². The first-order chi connectivity index (χ1) is 13.8. The molecule has 0 spiro atoms. The monoisotopic (exact) mass is 401 g/mol. The van der Waals surface area contributed by atoms with Gasteiger partial charge in [0, 0.05) is 5.69 Å². The average molecular weight is 401 g/mol. The Kier molecular flexibility index (Phi) is 6.27. The maximum atomic E-state index is 13.1. The minimum atomic E-state index is -0.405. The number of likely N-dealkylation sites (N-methyl/N-ethyl adjacent to an activating group) is 1. The zero-order valence-corrected chi connectivity index (χ0v) is 17.6. The lowest BCUT2D eigenvalue weighted by Gasteiger charge is -2.29. The van der Waals surface area contributed by atoms with Crippen LogP contribution in [0.5, 0.6) is 11.5 Å². The summed E-state index contributed by atoms with van der Waals surface area (Å²) < 4.78 is 16.9. The molecule has 0 radical (unpaired) electrons. The second kappa shape index (κ2) is 8.69. The summed E-state index contributed by atoms with van der Waals surface area (Å²) in [6.45, 7) is 8.56. The Hall–Kier alpha value is -2.80. The SMILES string of the molecule is CCOC(=O)c1c(C)[nH]c(C(=O)[C@H](C)[NH+](C)C[C@@H]2COc3ccccc3O2)c1C. The molecule has 7 nitrogen and oxygen atoms in total. The van der Waals surface area contributed by atoms with E-state index in [9.17, 15) is 9.59 Å². The number of carbonyl (C=O) groups excluding carboxylic acids is 2. The van der Waals surface area contributed by atoms with E-state index in [0.29, 0.717) is 42.3 Å². The summed E-state index contributed by atoms with van der Waals surface area (Å²) in [6, 6.07) is 7.26. The number of hydrogen-bond donors (Lipinski definition) is 2. The topological polar surface area (TPSA) is 82.1 Å². The van der Waals surface area contributed by atoms with E-state index in [2.05, 4.69) is 4.98 Å². The van der Waals surface area contributed by atoms with Crippen LogP contribution in [0.15, 0.2) is 24.3 Å². The summed E-state index contributed by atoms with van der Waals surface area (Å²) >= 11 is 0. The van der Waals surface area contributed by atoms with Crippen LogP contribution in [-0.2, 0) is 4.74 Å². The fourth-order valence-corrected chi connectivity index (χ4v) is 3.65. The van der Waals surface area contributed by atoms with E-state index < -0.39 is 5.97 Å². The molecule has 2 heterocycles. The zero-order chi connectivity index (χ0) is 21.1. The lowest BCUT2D eigenvalue weighted by atomic mass is 10.0. The van der Waals surface area contributed by atoms with E-state index in [0.717, 1.165) is 16.4 Å². The molecule has 1 unspecified atom stereocenters. The number of Topliss-reactive ketones (excluding diaryl/α,β-unsaturated/α-hetero) is 1. The fourth-order valence-electron chi connectivity index (χ4n) is 3.65. The van der Waals surface area contributed by atoms with Gasteiger partial charge in [-0.1, -0.05) is 12.1 Å². The molecule has 29 heavy (non-hydrogen) atoms. The summed E-state index contributed by atoms with van der Waals surface area (Å²) in [5.41, 5.74) is 2.19. The molecule has 1 aliphatic heterocycles. The van der Waals surface area contributed by atoms with Gasteiger partial charge in [0.2, 0.25) is 5.78 Å². The van der Waals surface area contributed by atoms with E-state index in [1.54, 1.807) is 20.8 Å². The molecule has 0 fully saturated rings. The van der Waals surface area contributed by atoms with Crippen LogP contribution in [0.25, 0.3) is 0 Å². The van der Waals surface area contributed by atoms with Crippen molar-refractivity contribution in [2.24, 2.45) is 0 Å². The van der Waals surface area contributed by atoms with Gasteiger partial charge in [-0.15, -0.1) is 0 Å². The average Bonchev–Trinajstić information content (AvgIpc) is 3.01. The normalized spacial score (nSPS) is 17.5. The Balaban J connectivity index is 1.69. The third-order valence-electron chi connectivity index (χ3n) is 5.41. The van der Waals surface area contributed by atoms with E-state index >= 15 is 0 Å². The summed E-state index contributed by atoms with van der Waals surface area (Å²) in [7, 11) is 1.96. The molecule has 3 rings (SSSR count). The van der Waals surface area contributed by atoms with Gasteiger partial charge in [0.25, 0.3) is 0 Å². The number of ether oxygens (including phenoxy) is 3. The molecule has 0 amide bonds. The van der Waals surface area contributed by atoms with Gasteiger partial charge in [-0.2, -0.15) is 0 Å². The van der Waals surface area contributed by atoms with Crippen LogP contribution in [0.3, 0.4) is 0 Å². The van der Waals surface area contributed by atoms with E-state index in [1.165, 1.54) is 0 Å². The van der Waals surface area contributed by atoms with Gasteiger partial charge in [0.15, 0.2) is 17.6 Å². The molecule has 0 saturated carbocycles. The number of carbonyl (C=O) groups is 2. The highest BCUT2D eigenvalue weighted by atomic mass is 16.6. The van der Waals surface area contributed by atoms with Crippen molar-refractivity contribution in [3.63, 3.8) is 0 Å². The number of aryl methyl sites for hydroxylation is 1. The van der Waals surface area contributed by atoms with Gasteiger partial charge in [-0.3, -0.25) is 4.79 Å². The van der Waals surface area contributed by atoms with Crippen LogP contribution in [-0.4, -0.2) is 55.7 Å². The Morgan fingerprint density at radius 1 is 1.28 bits per heavy atom. The molecule has 1 aromatic heterocycles. The Labute approximate surface area is 170 Å². The molecule has 0 bridgehead atoms. The molecule has 2 aromatic rings. The number of para-hydroxylation sites is 2. The van der Waals surface area contributed by atoms with Crippen molar-refractivity contribution in [2.45, 2.75) is 39.8 Å². The number of ketones is 1. The Morgan fingerprint density at radius 3 is 2.66 bits per heavy atom. The molecule has 1 aromatic carbocycles. The number of quaternary nitrogens is 1. The molecule has 0 saturated heterocycles. The number of nitrogens with one attached hydrogen (secondary N) is 2. The highest BCUT2D eigenvalue weighted by molar-refractivity contribution is 6.03. The predicted molar refractivity (Wildman–Crippen MR) is 108 cm³/mol. The Morgan fingerprint density at radius 2 is 1.97 bits per heavy atom. The number of esters is 1. The third-order valence-corrected chi connectivity index (χ3v) is 5.41. The fraction of sp³-hybridized carbons (Fsp3) is 0.455. The number of H-pyrrole nitrogens is 1. The first kappa shape index (κ1) is 20.9. The van der Waals surface area contributed by atoms with Gasteiger partial charge in [0.1, 0.15) is 19.2 Å². The van der Waals surface area contributed by atoms with Gasteiger partial charge in [0.05, 0.1) is 24.9 Å². The lowest BCUT2D eigenvalue weighted by molar-refractivity contribution is -0.896. The summed E-state index contributed by atoms with van der Waals surface area (Å²) in [6.07, 6.45) is -0.137. The molecular weight excluding hydrogens is 372 g/mol. The van der Waals surface area contributed by atoms with Gasteiger partial charge in [-0.25, -0.2) is 4.79 Å². The van der Waals surface area contributed by atoms with Crippen molar-refractivity contribution in [3.8, 4) is 11.5 Å². The first-order valence-electron chi connectivity index (χ1n) is 9.94. The van der Waals surface area contributed by atoms with Crippen molar-refractivity contribution in [1.29, 1.82) is 0 Å².